The Morgan fingerprint density at radius 2 is 2.40 bits per heavy atom. The first kappa shape index (κ1) is 14.9. The monoisotopic (exact) mass is 281 g/mol. The summed E-state index contributed by atoms with van der Waals surface area (Å²) in [6.07, 6.45) is 2.16. The summed E-state index contributed by atoms with van der Waals surface area (Å²) in [7, 11) is 1.35. The molecule has 2 unspecified atom stereocenters. The molecule has 1 fully saturated rings. The number of nitrogens with one attached hydrogen (secondary N) is 1. The van der Waals surface area contributed by atoms with Crippen LogP contribution in [0, 0.1) is 12.7 Å². The zero-order chi connectivity index (χ0) is 14.5. The van der Waals surface area contributed by atoms with Gasteiger partial charge >= 0.3 is 5.97 Å². The van der Waals surface area contributed by atoms with Gasteiger partial charge in [0.25, 0.3) is 0 Å². The van der Waals surface area contributed by atoms with Gasteiger partial charge in [-0.3, -0.25) is 5.32 Å². The van der Waals surface area contributed by atoms with Crippen LogP contribution in [0.3, 0.4) is 0 Å². The Bertz CT molecular complexity index is 472. The van der Waals surface area contributed by atoms with E-state index < -0.39 is 6.04 Å². The summed E-state index contributed by atoms with van der Waals surface area (Å²) in [6.45, 7) is 3.13. The molecule has 20 heavy (non-hydrogen) atoms. The van der Waals surface area contributed by atoms with Crippen molar-refractivity contribution in [2.75, 3.05) is 20.3 Å². The van der Waals surface area contributed by atoms with Crippen molar-refractivity contribution in [3.8, 4) is 0 Å². The average Bonchev–Trinajstić information content (AvgIpc) is 2.93. The van der Waals surface area contributed by atoms with Crippen molar-refractivity contribution in [3.63, 3.8) is 0 Å². The van der Waals surface area contributed by atoms with Crippen molar-refractivity contribution in [3.05, 3.63) is 35.1 Å². The summed E-state index contributed by atoms with van der Waals surface area (Å²) in [5.74, 6) is -0.688. The van der Waals surface area contributed by atoms with Gasteiger partial charge in [0.1, 0.15) is 11.9 Å². The molecule has 0 bridgehead atoms. The summed E-state index contributed by atoms with van der Waals surface area (Å²) >= 11 is 0. The van der Waals surface area contributed by atoms with Crippen molar-refractivity contribution in [2.24, 2.45) is 0 Å². The molecule has 0 aliphatic carbocycles. The number of hydrogen-bond donors (Lipinski definition) is 1. The SMILES string of the molecule is COC(=O)C(NCC1CCCO1)c1ccc(F)cc1C. The number of halogens is 1. The quantitative estimate of drug-likeness (QED) is 0.840. The van der Waals surface area contributed by atoms with E-state index in [1.807, 2.05) is 0 Å². The van der Waals surface area contributed by atoms with Crippen molar-refractivity contribution in [2.45, 2.75) is 31.9 Å². The number of hydrogen-bond acceptors (Lipinski definition) is 4. The van der Waals surface area contributed by atoms with Gasteiger partial charge < -0.3 is 9.47 Å². The fourth-order valence-corrected chi connectivity index (χ4v) is 2.46. The largest absolute Gasteiger partial charge is 0.468 e. The van der Waals surface area contributed by atoms with Crippen LogP contribution in [0.4, 0.5) is 4.39 Å². The molecule has 1 saturated heterocycles. The van der Waals surface area contributed by atoms with E-state index in [1.54, 1.807) is 13.0 Å². The molecule has 4 nitrogen and oxygen atoms in total. The van der Waals surface area contributed by atoms with Crippen molar-refractivity contribution < 1.29 is 18.7 Å². The molecule has 1 aliphatic heterocycles. The molecule has 1 aromatic rings. The normalized spacial score (nSPS) is 19.9. The van der Waals surface area contributed by atoms with Gasteiger partial charge in [-0.1, -0.05) is 6.07 Å². The summed E-state index contributed by atoms with van der Waals surface area (Å²) < 4.78 is 23.5. The molecule has 1 heterocycles. The van der Waals surface area contributed by atoms with Gasteiger partial charge in [0.15, 0.2) is 0 Å². The predicted octanol–water partition coefficient (Wildman–Crippen LogP) is 2.12. The Balaban J connectivity index is 2.11. The maximum atomic E-state index is 13.2. The van der Waals surface area contributed by atoms with Gasteiger partial charge in [-0.15, -0.1) is 0 Å². The maximum absolute atomic E-state index is 13.2. The lowest BCUT2D eigenvalue weighted by Gasteiger charge is -2.20. The molecule has 110 valence electrons. The second-order valence-electron chi connectivity index (χ2n) is 5.00. The highest BCUT2D eigenvalue weighted by Gasteiger charge is 2.25. The Hall–Kier alpha value is -1.46. The van der Waals surface area contributed by atoms with Gasteiger partial charge in [-0.05, 0) is 43.0 Å². The molecule has 1 aromatic carbocycles. The van der Waals surface area contributed by atoms with Crippen LogP contribution in [0.15, 0.2) is 18.2 Å². The van der Waals surface area contributed by atoms with E-state index in [4.69, 9.17) is 9.47 Å². The second-order valence-corrected chi connectivity index (χ2v) is 5.00. The van der Waals surface area contributed by atoms with Crippen LogP contribution in [0.2, 0.25) is 0 Å². The predicted molar refractivity (Wildman–Crippen MR) is 72.9 cm³/mol. The van der Waals surface area contributed by atoms with Gasteiger partial charge in [-0.25, -0.2) is 9.18 Å². The van der Waals surface area contributed by atoms with E-state index in [-0.39, 0.29) is 17.9 Å². The van der Waals surface area contributed by atoms with Crippen molar-refractivity contribution in [1.29, 1.82) is 0 Å². The van der Waals surface area contributed by atoms with Crippen LogP contribution in [0.1, 0.15) is 30.0 Å². The van der Waals surface area contributed by atoms with Crippen LogP contribution in [0.5, 0.6) is 0 Å². The number of rotatable bonds is 5. The zero-order valence-electron chi connectivity index (χ0n) is 11.8. The molecular formula is C15H20FNO3. The number of benzene rings is 1. The van der Waals surface area contributed by atoms with Crippen LogP contribution in [-0.4, -0.2) is 32.3 Å². The first-order valence-corrected chi connectivity index (χ1v) is 6.80. The molecule has 1 aliphatic rings. The number of carbonyl (C=O) groups excluding carboxylic acids is 1. The highest BCUT2D eigenvalue weighted by Crippen LogP contribution is 2.21. The third-order valence-electron chi connectivity index (χ3n) is 3.55. The summed E-state index contributed by atoms with van der Waals surface area (Å²) in [4.78, 5) is 11.9. The van der Waals surface area contributed by atoms with Crippen molar-refractivity contribution in [1.82, 2.24) is 5.32 Å². The van der Waals surface area contributed by atoms with E-state index in [9.17, 15) is 9.18 Å². The van der Waals surface area contributed by atoms with Gasteiger partial charge in [0.2, 0.25) is 0 Å². The van der Waals surface area contributed by atoms with Crippen LogP contribution in [-0.2, 0) is 14.3 Å². The minimum absolute atomic E-state index is 0.128. The van der Waals surface area contributed by atoms with Gasteiger partial charge in [0, 0.05) is 13.2 Å². The lowest BCUT2D eigenvalue weighted by atomic mass is 10.0. The van der Waals surface area contributed by atoms with Crippen LogP contribution >= 0.6 is 0 Å². The highest BCUT2D eigenvalue weighted by atomic mass is 19.1. The summed E-state index contributed by atoms with van der Waals surface area (Å²) in [5, 5.41) is 3.17. The topological polar surface area (TPSA) is 47.6 Å². The summed E-state index contributed by atoms with van der Waals surface area (Å²) in [6, 6.07) is 3.80. The number of ether oxygens (including phenoxy) is 2. The Kier molecular flexibility index (Phi) is 5.09. The fourth-order valence-electron chi connectivity index (χ4n) is 2.46. The van der Waals surface area contributed by atoms with E-state index in [1.165, 1.54) is 19.2 Å². The minimum Gasteiger partial charge on any atom is -0.468 e. The second kappa shape index (κ2) is 6.81. The molecule has 0 aromatic heterocycles. The van der Waals surface area contributed by atoms with Gasteiger partial charge in [0.05, 0.1) is 13.2 Å². The summed E-state index contributed by atoms with van der Waals surface area (Å²) in [5.41, 5.74) is 1.46. The average molecular weight is 281 g/mol. The molecule has 1 N–H and O–H groups in total. The smallest absolute Gasteiger partial charge is 0.327 e. The molecule has 0 amide bonds. The lowest BCUT2D eigenvalue weighted by Crippen LogP contribution is -2.35. The lowest BCUT2D eigenvalue weighted by molar-refractivity contribution is -0.143. The minimum atomic E-state index is -0.593. The fraction of sp³-hybridized carbons (Fsp3) is 0.533. The molecule has 5 heteroatoms. The van der Waals surface area contributed by atoms with E-state index in [0.29, 0.717) is 6.54 Å². The molecule has 0 spiro atoms. The molecule has 2 rings (SSSR count). The number of carbonyl (C=O) groups is 1. The maximum Gasteiger partial charge on any atom is 0.327 e. The van der Waals surface area contributed by atoms with Crippen LogP contribution < -0.4 is 5.32 Å². The number of aryl methyl sites for hydroxylation is 1. The molecular weight excluding hydrogens is 261 g/mol. The van der Waals surface area contributed by atoms with Crippen LogP contribution in [0.25, 0.3) is 0 Å². The molecule has 2 atom stereocenters. The zero-order valence-corrected chi connectivity index (χ0v) is 11.8. The third-order valence-corrected chi connectivity index (χ3v) is 3.55. The van der Waals surface area contributed by atoms with Crippen molar-refractivity contribution >= 4 is 5.97 Å². The first-order valence-electron chi connectivity index (χ1n) is 6.80. The molecule has 0 radical (unpaired) electrons. The van der Waals surface area contributed by atoms with E-state index in [0.717, 1.165) is 30.6 Å². The first-order chi connectivity index (χ1) is 9.61. The molecule has 0 saturated carbocycles. The highest BCUT2D eigenvalue weighted by molar-refractivity contribution is 5.78. The van der Waals surface area contributed by atoms with E-state index in [2.05, 4.69) is 5.32 Å². The Labute approximate surface area is 118 Å². The third kappa shape index (κ3) is 3.55. The van der Waals surface area contributed by atoms with E-state index >= 15 is 0 Å². The Morgan fingerprint density at radius 3 is 3.00 bits per heavy atom. The van der Waals surface area contributed by atoms with Gasteiger partial charge in [-0.2, -0.15) is 0 Å². The Morgan fingerprint density at radius 1 is 1.60 bits per heavy atom. The number of esters is 1. The standard InChI is InChI=1S/C15H20FNO3/c1-10-8-11(16)5-6-13(10)14(15(18)19-2)17-9-12-4-3-7-20-12/h5-6,8,12,14,17H,3-4,7,9H2,1-2H3. The number of methoxy groups -OCH3 is 1.